The van der Waals surface area contributed by atoms with Crippen molar-refractivity contribution in [2.75, 3.05) is 0 Å². The molecular formula is C12H6N2S2. The minimum absolute atomic E-state index is 0.138. The van der Waals surface area contributed by atoms with Gasteiger partial charge in [0, 0.05) is 15.3 Å². The van der Waals surface area contributed by atoms with E-state index in [-0.39, 0.29) is 5.57 Å². The van der Waals surface area contributed by atoms with Gasteiger partial charge >= 0.3 is 0 Å². The second kappa shape index (κ2) is 4.76. The second-order valence-electron chi connectivity index (χ2n) is 3.00. The molecule has 2 aromatic heterocycles. The smallest absolute Gasteiger partial charge is 0.131 e. The Bertz CT molecular complexity index is 576. The third-order valence-corrected chi connectivity index (χ3v) is 3.72. The SMILES string of the molecule is N#CC(C#N)=Cc1ccc(-c2ccsc2)s1. The molecule has 2 heterocycles. The molecule has 0 saturated carbocycles. The first kappa shape index (κ1) is 10.6. The van der Waals surface area contributed by atoms with E-state index in [1.165, 1.54) is 5.56 Å². The van der Waals surface area contributed by atoms with Crippen LogP contribution >= 0.6 is 22.7 Å². The molecule has 0 aliphatic heterocycles. The van der Waals surface area contributed by atoms with Gasteiger partial charge in [-0.15, -0.1) is 11.3 Å². The van der Waals surface area contributed by atoms with E-state index in [1.807, 2.05) is 29.7 Å². The van der Waals surface area contributed by atoms with Gasteiger partial charge in [0.1, 0.15) is 17.7 Å². The molecule has 0 amide bonds. The van der Waals surface area contributed by atoms with Crippen molar-refractivity contribution in [3.8, 4) is 22.6 Å². The number of nitriles is 2. The zero-order valence-corrected chi connectivity index (χ0v) is 9.81. The van der Waals surface area contributed by atoms with E-state index in [1.54, 1.807) is 28.7 Å². The van der Waals surface area contributed by atoms with Gasteiger partial charge in [-0.2, -0.15) is 21.9 Å². The molecule has 0 fully saturated rings. The highest BCUT2D eigenvalue weighted by Gasteiger charge is 2.02. The van der Waals surface area contributed by atoms with Gasteiger partial charge in [-0.05, 0) is 35.0 Å². The highest BCUT2D eigenvalue weighted by Crippen LogP contribution is 2.30. The maximum absolute atomic E-state index is 8.64. The zero-order valence-electron chi connectivity index (χ0n) is 8.18. The Hall–Kier alpha value is -1.88. The molecule has 0 radical (unpaired) electrons. The minimum Gasteiger partial charge on any atom is -0.192 e. The lowest BCUT2D eigenvalue weighted by atomic mass is 10.2. The monoisotopic (exact) mass is 242 g/mol. The van der Waals surface area contributed by atoms with Crippen LogP contribution in [0.15, 0.2) is 34.5 Å². The zero-order chi connectivity index (χ0) is 11.4. The number of hydrogen-bond donors (Lipinski definition) is 0. The lowest BCUT2D eigenvalue weighted by molar-refractivity contribution is 1.47. The quantitative estimate of drug-likeness (QED) is 0.750. The van der Waals surface area contributed by atoms with E-state index in [0.717, 1.165) is 9.75 Å². The van der Waals surface area contributed by atoms with Gasteiger partial charge in [-0.3, -0.25) is 0 Å². The van der Waals surface area contributed by atoms with Crippen LogP contribution in [0.4, 0.5) is 0 Å². The highest BCUT2D eigenvalue weighted by atomic mass is 32.1. The average molecular weight is 242 g/mol. The van der Waals surface area contributed by atoms with Crippen molar-refractivity contribution in [1.82, 2.24) is 0 Å². The molecule has 0 bridgehead atoms. The van der Waals surface area contributed by atoms with Crippen molar-refractivity contribution < 1.29 is 0 Å². The van der Waals surface area contributed by atoms with Crippen molar-refractivity contribution >= 4 is 28.7 Å². The van der Waals surface area contributed by atoms with Gasteiger partial charge in [0.25, 0.3) is 0 Å². The van der Waals surface area contributed by atoms with Crippen molar-refractivity contribution in [2.24, 2.45) is 0 Å². The highest BCUT2D eigenvalue weighted by molar-refractivity contribution is 7.16. The van der Waals surface area contributed by atoms with E-state index < -0.39 is 0 Å². The molecule has 76 valence electrons. The van der Waals surface area contributed by atoms with Crippen LogP contribution in [-0.4, -0.2) is 0 Å². The lowest BCUT2D eigenvalue weighted by Crippen LogP contribution is -1.68. The van der Waals surface area contributed by atoms with Crippen LogP contribution in [0, 0.1) is 22.7 Å². The van der Waals surface area contributed by atoms with E-state index in [4.69, 9.17) is 10.5 Å². The van der Waals surface area contributed by atoms with Gasteiger partial charge in [-0.25, -0.2) is 0 Å². The molecule has 0 saturated heterocycles. The number of thiophene rings is 2. The van der Waals surface area contributed by atoms with Crippen LogP contribution in [0.25, 0.3) is 16.5 Å². The van der Waals surface area contributed by atoms with Gasteiger partial charge in [-0.1, -0.05) is 0 Å². The van der Waals surface area contributed by atoms with Gasteiger partial charge in [0.2, 0.25) is 0 Å². The Labute approximate surface area is 101 Å². The third kappa shape index (κ3) is 2.20. The maximum Gasteiger partial charge on any atom is 0.131 e. The molecule has 0 unspecified atom stereocenters. The predicted octanol–water partition coefficient (Wildman–Crippen LogP) is 3.91. The minimum atomic E-state index is 0.138. The molecule has 4 heteroatoms. The van der Waals surface area contributed by atoms with E-state index in [0.29, 0.717) is 0 Å². The van der Waals surface area contributed by atoms with Gasteiger partial charge < -0.3 is 0 Å². The summed E-state index contributed by atoms with van der Waals surface area (Å²) in [4.78, 5) is 2.09. The number of nitrogens with zero attached hydrogens (tertiary/aromatic N) is 2. The van der Waals surface area contributed by atoms with Crippen LogP contribution in [0.1, 0.15) is 4.88 Å². The fourth-order valence-corrected chi connectivity index (χ4v) is 2.90. The molecule has 0 aromatic carbocycles. The Morgan fingerprint density at radius 3 is 2.62 bits per heavy atom. The summed E-state index contributed by atoms with van der Waals surface area (Å²) in [6.07, 6.45) is 1.61. The summed E-state index contributed by atoms with van der Waals surface area (Å²) in [6, 6.07) is 9.69. The summed E-state index contributed by atoms with van der Waals surface area (Å²) in [5.74, 6) is 0. The largest absolute Gasteiger partial charge is 0.192 e. The van der Waals surface area contributed by atoms with Gasteiger partial charge in [0.15, 0.2) is 0 Å². The summed E-state index contributed by atoms with van der Waals surface area (Å²) in [5.41, 5.74) is 1.32. The summed E-state index contributed by atoms with van der Waals surface area (Å²) >= 11 is 3.23. The van der Waals surface area contributed by atoms with Crippen LogP contribution < -0.4 is 0 Å². The molecule has 2 rings (SSSR count). The molecule has 2 aromatic rings. The van der Waals surface area contributed by atoms with Crippen LogP contribution in [0.2, 0.25) is 0 Å². The number of allylic oxidation sites excluding steroid dienone is 1. The normalized spacial score (nSPS) is 9.12. The fraction of sp³-hybridized carbons (Fsp3) is 0. The van der Waals surface area contributed by atoms with E-state index in [9.17, 15) is 0 Å². The topological polar surface area (TPSA) is 47.6 Å². The Morgan fingerprint density at radius 1 is 1.19 bits per heavy atom. The second-order valence-corrected chi connectivity index (χ2v) is 4.89. The fourth-order valence-electron chi connectivity index (χ4n) is 1.22. The van der Waals surface area contributed by atoms with Crippen molar-refractivity contribution in [3.63, 3.8) is 0 Å². The number of hydrogen-bond acceptors (Lipinski definition) is 4. The standard InChI is InChI=1S/C12H6N2S2/c13-6-9(7-14)5-11-1-2-12(16-11)10-3-4-15-8-10/h1-5,8H. The van der Waals surface area contributed by atoms with E-state index in [2.05, 4.69) is 11.4 Å². The first-order valence-electron chi connectivity index (χ1n) is 4.48. The summed E-state index contributed by atoms with van der Waals surface area (Å²) in [7, 11) is 0. The van der Waals surface area contributed by atoms with Crippen molar-refractivity contribution in [3.05, 3.63) is 39.4 Å². The predicted molar refractivity (Wildman–Crippen MR) is 66.8 cm³/mol. The summed E-state index contributed by atoms with van der Waals surface area (Å²) in [5, 5.41) is 21.4. The molecule has 16 heavy (non-hydrogen) atoms. The van der Waals surface area contributed by atoms with Crippen LogP contribution in [0.5, 0.6) is 0 Å². The Kier molecular flexibility index (Phi) is 3.16. The van der Waals surface area contributed by atoms with Crippen molar-refractivity contribution in [2.45, 2.75) is 0 Å². The van der Waals surface area contributed by atoms with Crippen molar-refractivity contribution in [1.29, 1.82) is 10.5 Å². The van der Waals surface area contributed by atoms with E-state index >= 15 is 0 Å². The molecule has 0 aliphatic carbocycles. The molecule has 0 spiro atoms. The van der Waals surface area contributed by atoms with Crippen LogP contribution in [-0.2, 0) is 0 Å². The van der Waals surface area contributed by atoms with Crippen LogP contribution in [0.3, 0.4) is 0 Å². The Balaban J connectivity index is 2.32. The third-order valence-electron chi connectivity index (χ3n) is 1.96. The summed E-state index contributed by atoms with van der Waals surface area (Å²) < 4.78 is 0. The first-order chi connectivity index (χ1) is 7.83. The molecule has 0 aliphatic rings. The molecule has 2 nitrogen and oxygen atoms in total. The summed E-state index contributed by atoms with van der Waals surface area (Å²) in [6.45, 7) is 0. The average Bonchev–Trinajstić information content (AvgIpc) is 2.96. The van der Waals surface area contributed by atoms with Gasteiger partial charge in [0.05, 0.1) is 0 Å². The first-order valence-corrected chi connectivity index (χ1v) is 6.23. The molecule has 0 N–H and O–H groups in total. The Morgan fingerprint density at radius 2 is 2.00 bits per heavy atom. The molecular weight excluding hydrogens is 236 g/mol. The number of rotatable bonds is 2. The maximum atomic E-state index is 8.64. The lowest BCUT2D eigenvalue weighted by Gasteiger charge is -1.87. The molecule has 0 atom stereocenters.